The number of sulfone groups is 1. The molecule has 1 aliphatic rings. The van der Waals surface area contributed by atoms with Gasteiger partial charge < -0.3 is 9.32 Å². The molecule has 0 bridgehead atoms. The fraction of sp³-hybridized carbons (Fsp3) is 0.318. The highest BCUT2D eigenvalue weighted by Gasteiger charge is 2.36. The fourth-order valence-corrected chi connectivity index (χ4v) is 5.70. The van der Waals surface area contributed by atoms with Crippen LogP contribution in [-0.4, -0.2) is 36.8 Å². The Bertz CT molecular complexity index is 1180. The second-order valence-corrected chi connectivity index (χ2v) is 10.3. The van der Waals surface area contributed by atoms with Crippen LogP contribution < -0.4 is 0 Å². The van der Waals surface area contributed by atoms with Gasteiger partial charge in [0.2, 0.25) is 0 Å². The zero-order chi connectivity index (χ0) is 20.8. The summed E-state index contributed by atoms with van der Waals surface area (Å²) in [6, 6.07) is 12.6. The van der Waals surface area contributed by atoms with Crippen molar-refractivity contribution < 1.29 is 17.6 Å². The zero-order valence-electron chi connectivity index (χ0n) is 16.3. The molecule has 3 aromatic rings. The number of aryl methyl sites for hydroxylation is 2. The highest BCUT2D eigenvalue weighted by molar-refractivity contribution is 7.91. The number of carbonyl (C=O) groups is 1. The maximum Gasteiger partial charge on any atom is 0.290 e. The van der Waals surface area contributed by atoms with E-state index < -0.39 is 9.84 Å². The van der Waals surface area contributed by atoms with E-state index >= 15 is 0 Å². The van der Waals surface area contributed by atoms with Crippen molar-refractivity contribution in [3.8, 4) is 0 Å². The average molecular weight is 432 g/mol. The first-order valence-corrected chi connectivity index (χ1v) is 11.7. The van der Waals surface area contributed by atoms with E-state index in [-0.39, 0.29) is 29.2 Å². The van der Waals surface area contributed by atoms with Gasteiger partial charge in [-0.1, -0.05) is 35.4 Å². The molecule has 2 heterocycles. The molecule has 1 aliphatic heterocycles. The molecular weight excluding hydrogens is 410 g/mol. The summed E-state index contributed by atoms with van der Waals surface area (Å²) in [6.07, 6.45) is 0.431. The van der Waals surface area contributed by atoms with Crippen LogP contribution in [-0.2, 0) is 16.4 Å². The molecule has 1 amide bonds. The molecule has 5 nitrogen and oxygen atoms in total. The Morgan fingerprint density at radius 2 is 1.90 bits per heavy atom. The van der Waals surface area contributed by atoms with E-state index in [1.165, 1.54) is 0 Å². The van der Waals surface area contributed by atoms with Gasteiger partial charge in [-0.3, -0.25) is 4.79 Å². The van der Waals surface area contributed by atoms with E-state index in [9.17, 15) is 13.2 Å². The lowest BCUT2D eigenvalue weighted by molar-refractivity contribution is 0.0649. The Hall–Kier alpha value is -2.31. The van der Waals surface area contributed by atoms with Crippen LogP contribution in [0.5, 0.6) is 0 Å². The van der Waals surface area contributed by atoms with Crippen LogP contribution >= 0.6 is 11.6 Å². The minimum atomic E-state index is -3.14. The first kappa shape index (κ1) is 20.0. The summed E-state index contributed by atoms with van der Waals surface area (Å²) >= 11 is 5.97. The molecular formula is C22H22ClNO4S. The first-order chi connectivity index (χ1) is 13.7. The molecule has 0 N–H and O–H groups in total. The third kappa shape index (κ3) is 4.05. The number of hydrogen-bond acceptors (Lipinski definition) is 4. The largest absolute Gasteiger partial charge is 0.451 e. The molecule has 0 spiro atoms. The number of halogens is 1. The Labute approximate surface area is 175 Å². The molecule has 0 saturated carbocycles. The van der Waals surface area contributed by atoms with Crippen LogP contribution in [0.1, 0.15) is 33.7 Å². The number of amides is 1. The van der Waals surface area contributed by atoms with Gasteiger partial charge in [0.25, 0.3) is 5.91 Å². The maximum atomic E-state index is 13.5. The quantitative estimate of drug-likeness (QED) is 0.608. The summed E-state index contributed by atoms with van der Waals surface area (Å²) in [5.74, 6) is 0.0581. The highest BCUT2D eigenvalue weighted by atomic mass is 35.5. The van der Waals surface area contributed by atoms with Crippen molar-refractivity contribution in [1.29, 1.82) is 0 Å². The second kappa shape index (κ2) is 7.50. The number of nitrogens with zero attached hydrogens (tertiary/aromatic N) is 1. The molecule has 0 radical (unpaired) electrons. The molecule has 1 aromatic heterocycles. The van der Waals surface area contributed by atoms with Gasteiger partial charge in [-0.05, 0) is 50.1 Å². The molecule has 1 saturated heterocycles. The van der Waals surface area contributed by atoms with Crippen LogP contribution in [0.3, 0.4) is 0 Å². The lowest BCUT2D eigenvalue weighted by atomic mass is 10.1. The van der Waals surface area contributed by atoms with Gasteiger partial charge in [-0.25, -0.2) is 8.42 Å². The third-order valence-electron chi connectivity index (χ3n) is 5.46. The number of benzene rings is 2. The summed E-state index contributed by atoms with van der Waals surface area (Å²) in [5.41, 5.74) is 3.40. The number of hydrogen-bond donors (Lipinski definition) is 0. The van der Waals surface area contributed by atoms with E-state index in [2.05, 4.69) is 0 Å². The van der Waals surface area contributed by atoms with Crippen LogP contribution in [0, 0.1) is 13.8 Å². The molecule has 29 heavy (non-hydrogen) atoms. The van der Waals surface area contributed by atoms with Crippen LogP contribution in [0.15, 0.2) is 46.9 Å². The Morgan fingerprint density at radius 3 is 2.55 bits per heavy atom. The van der Waals surface area contributed by atoms with Crippen molar-refractivity contribution in [2.45, 2.75) is 32.9 Å². The molecule has 4 rings (SSSR count). The fourth-order valence-electron chi connectivity index (χ4n) is 3.84. The van der Waals surface area contributed by atoms with Crippen LogP contribution in [0.4, 0.5) is 0 Å². The molecule has 2 aromatic carbocycles. The highest BCUT2D eigenvalue weighted by Crippen LogP contribution is 2.30. The topological polar surface area (TPSA) is 67.6 Å². The summed E-state index contributed by atoms with van der Waals surface area (Å²) in [5, 5.41) is 1.51. The van der Waals surface area contributed by atoms with E-state index in [1.54, 1.807) is 17.0 Å². The van der Waals surface area contributed by atoms with Crippen LogP contribution in [0.2, 0.25) is 5.02 Å². The SMILES string of the molecule is Cc1ccc2oc(C(=O)N(Cc3ccc(Cl)cc3)C3CCS(=O)(=O)C3)c(C)c2c1. The van der Waals surface area contributed by atoms with Crippen molar-refractivity contribution in [1.82, 2.24) is 4.90 Å². The lowest BCUT2D eigenvalue weighted by Gasteiger charge is -2.28. The van der Waals surface area contributed by atoms with Crippen molar-refractivity contribution >= 4 is 38.3 Å². The van der Waals surface area contributed by atoms with Crippen molar-refractivity contribution in [3.63, 3.8) is 0 Å². The smallest absolute Gasteiger partial charge is 0.290 e. The monoisotopic (exact) mass is 431 g/mol. The molecule has 1 atom stereocenters. The zero-order valence-corrected chi connectivity index (χ0v) is 17.9. The second-order valence-electron chi connectivity index (χ2n) is 7.67. The number of furan rings is 1. The maximum absolute atomic E-state index is 13.5. The van der Waals surface area contributed by atoms with E-state index in [4.69, 9.17) is 16.0 Å². The average Bonchev–Trinajstić information content (AvgIpc) is 3.20. The van der Waals surface area contributed by atoms with Gasteiger partial charge in [0.15, 0.2) is 15.6 Å². The van der Waals surface area contributed by atoms with E-state index in [0.717, 1.165) is 22.1 Å². The molecule has 152 valence electrons. The predicted octanol–water partition coefficient (Wildman–Crippen LogP) is 4.53. The lowest BCUT2D eigenvalue weighted by Crippen LogP contribution is -2.40. The predicted molar refractivity (Wildman–Crippen MR) is 114 cm³/mol. The van der Waals surface area contributed by atoms with Gasteiger partial charge in [0.05, 0.1) is 11.5 Å². The Kier molecular flexibility index (Phi) is 5.17. The first-order valence-electron chi connectivity index (χ1n) is 9.49. The normalized spacial score (nSPS) is 18.2. The third-order valence-corrected chi connectivity index (χ3v) is 7.46. The minimum Gasteiger partial charge on any atom is -0.451 e. The molecule has 7 heteroatoms. The van der Waals surface area contributed by atoms with E-state index in [1.807, 2.05) is 44.2 Å². The van der Waals surface area contributed by atoms with Crippen LogP contribution in [0.25, 0.3) is 11.0 Å². The minimum absolute atomic E-state index is 0.0231. The molecule has 1 unspecified atom stereocenters. The van der Waals surface area contributed by atoms with Crippen molar-refractivity contribution in [3.05, 3.63) is 69.9 Å². The number of carbonyl (C=O) groups excluding carboxylic acids is 1. The molecule has 1 fully saturated rings. The van der Waals surface area contributed by atoms with Gasteiger partial charge >= 0.3 is 0 Å². The van der Waals surface area contributed by atoms with Crippen molar-refractivity contribution in [2.24, 2.45) is 0 Å². The Balaban J connectivity index is 1.73. The summed E-state index contributed by atoms with van der Waals surface area (Å²) < 4.78 is 30.0. The number of rotatable bonds is 4. The van der Waals surface area contributed by atoms with Gasteiger partial charge in [0.1, 0.15) is 5.58 Å². The summed E-state index contributed by atoms with van der Waals surface area (Å²) in [7, 11) is -3.14. The van der Waals surface area contributed by atoms with E-state index in [0.29, 0.717) is 23.6 Å². The summed E-state index contributed by atoms with van der Waals surface area (Å²) in [4.78, 5) is 15.1. The van der Waals surface area contributed by atoms with Gasteiger partial charge in [-0.15, -0.1) is 0 Å². The van der Waals surface area contributed by atoms with Gasteiger partial charge in [0, 0.05) is 28.6 Å². The number of fused-ring (bicyclic) bond motifs is 1. The Morgan fingerprint density at radius 1 is 1.17 bits per heavy atom. The standard InChI is InChI=1S/C22H22ClNO4S/c1-14-3-8-20-19(11-14)15(2)21(28-20)22(25)24(18-9-10-29(26,27)13-18)12-16-4-6-17(23)7-5-16/h3-8,11,18H,9-10,12-13H2,1-2H3. The van der Waals surface area contributed by atoms with Crippen molar-refractivity contribution in [2.75, 3.05) is 11.5 Å². The molecule has 0 aliphatic carbocycles. The van der Waals surface area contributed by atoms with Gasteiger partial charge in [-0.2, -0.15) is 0 Å². The summed E-state index contributed by atoms with van der Waals surface area (Å²) in [6.45, 7) is 4.15.